The molecule has 0 radical (unpaired) electrons. The number of nitrogens with one attached hydrogen (secondary N) is 1. The molecule has 0 bridgehead atoms. The molecule has 0 spiro atoms. The number of carbonyl (C=O) groups excluding carboxylic acids is 1. The van der Waals surface area contributed by atoms with Crippen LogP contribution in [0.3, 0.4) is 0 Å². The largest absolute Gasteiger partial charge is 0.467 e. The average Bonchev–Trinajstić information content (AvgIpc) is 3.02. The second kappa shape index (κ2) is 5.65. The van der Waals surface area contributed by atoms with Crippen LogP contribution < -0.4 is 5.32 Å². The molecule has 0 aliphatic carbocycles. The van der Waals surface area contributed by atoms with Crippen LogP contribution >= 0.6 is 11.3 Å². The second-order valence-corrected chi connectivity index (χ2v) is 4.37. The number of aliphatic hydroxyl groups excluding tert-OH is 1. The zero-order chi connectivity index (χ0) is 12.1. The van der Waals surface area contributed by atoms with Crippen molar-refractivity contribution in [3.63, 3.8) is 0 Å². The molecule has 2 N–H and O–H groups in total. The summed E-state index contributed by atoms with van der Waals surface area (Å²) in [6, 6.07) is 5.21. The number of thiophene rings is 1. The summed E-state index contributed by atoms with van der Waals surface area (Å²) < 4.78 is 5.06. The molecule has 2 aromatic heterocycles. The van der Waals surface area contributed by atoms with Crippen LogP contribution in [-0.2, 0) is 0 Å². The van der Waals surface area contributed by atoms with Crippen LogP contribution in [0.4, 0.5) is 0 Å². The Morgan fingerprint density at radius 2 is 2.41 bits per heavy atom. The van der Waals surface area contributed by atoms with Crippen molar-refractivity contribution in [3.05, 3.63) is 46.5 Å². The Labute approximate surface area is 103 Å². The van der Waals surface area contributed by atoms with Crippen molar-refractivity contribution in [2.45, 2.75) is 12.5 Å². The molecule has 2 heterocycles. The number of furan rings is 1. The smallest absolute Gasteiger partial charge is 0.252 e. The lowest BCUT2D eigenvalue weighted by Crippen LogP contribution is -2.25. The van der Waals surface area contributed by atoms with Crippen molar-refractivity contribution in [2.75, 3.05) is 6.54 Å². The first kappa shape index (κ1) is 11.9. The molecule has 1 unspecified atom stereocenters. The minimum atomic E-state index is -0.673. The van der Waals surface area contributed by atoms with Gasteiger partial charge in [0.05, 0.1) is 6.26 Å². The van der Waals surface area contributed by atoms with E-state index in [9.17, 15) is 9.90 Å². The van der Waals surface area contributed by atoms with E-state index in [1.807, 2.05) is 5.38 Å². The molecule has 2 aromatic rings. The van der Waals surface area contributed by atoms with Crippen LogP contribution in [0.25, 0.3) is 0 Å². The number of amides is 1. The van der Waals surface area contributed by atoms with Gasteiger partial charge in [-0.05, 0) is 30.0 Å². The molecule has 5 heteroatoms. The highest BCUT2D eigenvalue weighted by molar-refractivity contribution is 7.08. The van der Waals surface area contributed by atoms with Gasteiger partial charge in [0, 0.05) is 17.5 Å². The van der Waals surface area contributed by atoms with Gasteiger partial charge in [-0.1, -0.05) is 0 Å². The van der Waals surface area contributed by atoms with Crippen LogP contribution in [0.1, 0.15) is 28.6 Å². The summed E-state index contributed by atoms with van der Waals surface area (Å²) in [6.45, 7) is 0.413. The first-order chi connectivity index (χ1) is 8.27. The maximum atomic E-state index is 11.6. The summed E-state index contributed by atoms with van der Waals surface area (Å²) in [5.41, 5.74) is 0.655. The maximum Gasteiger partial charge on any atom is 0.252 e. The maximum absolute atomic E-state index is 11.6. The van der Waals surface area contributed by atoms with Crippen LogP contribution in [0.15, 0.2) is 39.6 Å². The van der Waals surface area contributed by atoms with Gasteiger partial charge >= 0.3 is 0 Å². The third kappa shape index (κ3) is 3.18. The van der Waals surface area contributed by atoms with Crippen molar-refractivity contribution in [2.24, 2.45) is 0 Å². The Bertz CT molecular complexity index is 450. The molecular weight excluding hydrogens is 238 g/mol. The molecule has 2 rings (SSSR count). The Morgan fingerprint density at radius 1 is 1.53 bits per heavy atom. The zero-order valence-electron chi connectivity index (χ0n) is 9.13. The molecular formula is C12H13NO3S. The van der Waals surface area contributed by atoms with E-state index in [4.69, 9.17) is 4.42 Å². The zero-order valence-corrected chi connectivity index (χ0v) is 9.94. The summed E-state index contributed by atoms with van der Waals surface area (Å²) >= 11 is 1.48. The van der Waals surface area contributed by atoms with E-state index in [-0.39, 0.29) is 5.91 Å². The fourth-order valence-corrected chi connectivity index (χ4v) is 2.08. The Hall–Kier alpha value is -1.59. The van der Waals surface area contributed by atoms with Gasteiger partial charge in [0.15, 0.2) is 0 Å². The number of aliphatic hydroxyl groups is 1. The minimum Gasteiger partial charge on any atom is -0.467 e. The molecule has 0 saturated heterocycles. The average molecular weight is 251 g/mol. The van der Waals surface area contributed by atoms with E-state index in [1.54, 1.807) is 23.6 Å². The quantitative estimate of drug-likeness (QED) is 0.856. The van der Waals surface area contributed by atoms with Crippen LogP contribution in [0.5, 0.6) is 0 Å². The van der Waals surface area contributed by atoms with Gasteiger partial charge in [-0.25, -0.2) is 0 Å². The highest BCUT2D eigenvalue weighted by Crippen LogP contribution is 2.15. The van der Waals surface area contributed by atoms with Gasteiger partial charge in [0.2, 0.25) is 0 Å². The number of hydrogen-bond acceptors (Lipinski definition) is 4. The van der Waals surface area contributed by atoms with E-state index in [1.165, 1.54) is 17.6 Å². The van der Waals surface area contributed by atoms with Gasteiger partial charge in [-0.2, -0.15) is 11.3 Å². The van der Waals surface area contributed by atoms with Crippen LogP contribution in [-0.4, -0.2) is 17.6 Å². The van der Waals surface area contributed by atoms with E-state index >= 15 is 0 Å². The molecule has 4 nitrogen and oxygen atoms in total. The Balaban J connectivity index is 1.75. The Morgan fingerprint density at radius 3 is 3.06 bits per heavy atom. The van der Waals surface area contributed by atoms with Crippen molar-refractivity contribution < 1.29 is 14.3 Å². The lowest BCUT2D eigenvalue weighted by Gasteiger charge is -2.08. The molecule has 0 fully saturated rings. The highest BCUT2D eigenvalue weighted by Gasteiger charge is 2.11. The van der Waals surface area contributed by atoms with Gasteiger partial charge < -0.3 is 14.8 Å². The fourth-order valence-electron chi connectivity index (χ4n) is 1.44. The van der Waals surface area contributed by atoms with E-state index in [0.717, 1.165) is 0 Å². The lowest BCUT2D eigenvalue weighted by molar-refractivity contribution is 0.0936. The summed E-state index contributed by atoms with van der Waals surface area (Å²) in [7, 11) is 0. The Kier molecular flexibility index (Phi) is 3.95. The molecule has 0 aromatic carbocycles. The second-order valence-electron chi connectivity index (χ2n) is 3.59. The summed E-state index contributed by atoms with van der Waals surface area (Å²) in [5, 5.41) is 16.1. The lowest BCUT2D eigenvalue weighted by atomic mass is 10.2. The van der Waals surface area contributed by atoms with Crippen LogP contribution in [0.2, 0.25) is 0 Å². The van der Waals surface area contributed by atoms with E-state index in [2.05, 4.69) is 5.32 Å². The molecule has 17 heavy (non-hydrogen) atoms. The van der Waals surface area contributed by atoms with Gasteiger partial charge in [-0.15, -0.1) is 0 Å². The molecule has 90 valence electrons. The molecule has 0 saturated carbocycles. The molecule has 1 atom stereocenters. The number of carbonyl (C=O) groups is 1. The molecule has 0 aliphatic rings. The van der Waals surface area contributed by atoms with Gasteiger partial charge in [0.1, 0.15) is 11.9 Å². The molecule has 0 aliphatic heterocycles. The van der Waals surface area contributed by atoms with Crippen molar-refractivity contribution in [3.8, 4) is 0 Å². The fraction of sp³-hybridized carbons (Fsp3) is 0.250. The van der Waals surface area contributed by atoms with E-state index in [0.29, 0.717) is 24.3 Å². The van der Waals surface area contributed by atoms with Gasteiger partial charge in [-0.3, -0.25) is 4.79 Å². The molecule has 1 amide bonds. The highest BCUT2D eigenvalue weighted by atomic mass is 32.1. The van der Waals surface area contributed by atoms with Gasteiger partial charge in [0.25, 0.3) is 5.91 Å². The van der Waals surface area contributed by atoms with E-state index < -0.39 is 6.10 Å². The first-order valence-electron chi connectivity index (χ1n) is 5.29. The number of hydrogen-bond donors (Lipinski definition) is 2. The summed E-state index contributed by atoms with van der Waals surface area (Å²) in [6.07, 6.45) is 1.28. The monoisotopic (exact) mass is 251 g/mol. The first-order valence-corrected chi connectivity index (χ1v) is 6.23. The minimum absolute atomic E-state index is 0.113. The summed E-state index contributed by atoms with van der Waals surface area (Å²) in [4.78, 5) is 11.6. The normalized spacial score (nSPS) is 12.3. The van der Waals surface area contributed by atoms with Crippen molar-refractivity contribution >= 4 is 17.2 Å². The third-order valence-corrected chi connectivity index (χ3v) is 3.04. The van der Waals surface area contributed by atoms with Crippen molar-refractivity contribution in [1.82, 2.24) is 5.32 Å². The van der Waals surface area contributed by atoms with Crippen LogP contribution in [0, 0.1) is 0 Å². The summed E-state index contributed by atoms with van der Waals surface area (Å²) in [5.74, 6) is 0.410. The third-order valence-electron chi connectivity index (χ3n) is 2.36. The van der Waals surface area contributed by atoms with Crippen molar-refractivity contribution in [1.29, 1.82) is 0 Å². The SMILES string of the molecule is O=C(NCCC(O)c1ccco1)c1ccsc1. The standard InChI is InChI=1S/C12H13NO3S/c14-10(11-2-1-6-16-11)3-5-13-12(15)9-4-7-17-8-9/h1-2,4,6-8,10,14H,3,5H2,(H,13,15). The number of rotatable bonds is 5. The predicted octanol–water partition coefficient (Wildman–Crippen LogP) is 2.19. The topological polar surface area (TPSA) is 62.5 Å². The predicted molar refractivity (Wildman–Crippen MR) is 64.9 cm³/mol.